The lowest BCUT2D eigenvalue weighted by Gasteiger charge is -2.11. The molecule has 0 aliphatic rings. The first-order chi connectivity index (χ1) is 9.51. The maximum atomic E-state index is 13.5. The number of halogens is 3. The average Bonchev–Trinajstić information content (AvgIpc) is 2.37. The predicted octanol–water partition coefficient (Wildman–Crippen LogP) is 4.30. The minimum Gasteiger partial charge on any atom is -0.494 e. The summed E-state index contributed by atoms with van der Waals surface area (Å²) in [5.41, 5.74) is 6.68. The van der Waals surface area contributed by atoms with Gasteiger partial charge < -0.3 is 15.2 Å². The molecule has 0 fully saturated rings. The quantitative estimate of drug-likeness (QED) is 0.855. The number of benzene rings is 2. The predicted molar refractivity (Wildman–Crippen MR) is 78.2 cm³/mol. The molecule has 20 heavy (non-hydrogen) atoms. The van der Waals surface area contributed by atoms with Gasteiger partial charge in [-0.05, 0) is 29.8 Å². The number of anilines is 1. The van der Waals surface area contributed by atoms with Crippen molar-refractivity contribution in [2.45, 2.75) is 6.61 Å². The van der Waals surface area contributed by atoms with Crippen LogP contribution in [-0.4, -0.2) is 7.11 Å². The van der Waals surface area contributed by atoms with Crippen LogP contribution in [0.3, 0.4) is 0 Å². The SMILES string of the molecule is COc1ccc(COc2c(Cl)cc(N)cc2Cl)cc1F. The fourth-order valence-corrected chi connectivity index (χ4v) is 2.29. The zero-order chi connectivity index (χ0) is 14.7. The first-order valence-electron chi connectivity index (χ1n) is 5.71. The van der Waals surface area contributed by atoms with Crippen molar-refractivity contribution < 1.29 is 13.9 Å². The lowest BCUT2D eigenvalue weighted by atomic mass is 10.2. The van der Waals surface area contributed by atoms with Crippen LogP contribution in [-0.2, 0) is 6.61 Å². The minimum absolute atomic E-state index is 0.129. The lowest BCUT2D eigenvalue weighted by molar-refractivity contribution is 0.305. The van der Waals surface area contributed by atoms with Gasteiger partial charge in [0.2, 0.25) is 0 Å². The van der Waals surface area contributed by atoms with Crippen molar-refractivity contribution in [1.82, 2.24) is 0 Å². The van der Waals surface area contributed by atoms with E-state index < -0.39 is 5.82 Å². The van der Waals surface area contributed by atoms with Crippen LogP contribution in [0.1, 0.15) is 5.56 Å². The minimum atomic E-state index is -0.455. The third-order valence-corrected chi connectivity index (χ3v) is 3.18. The van der Waals surface area contributed by atoms with Gasteiger partial charge in [-0.25, -0.2) is 4.39 Å². The van der Waals surface area contributed by atoms with E-state index in [2.05, 4.69) is 0 Å². The molecule has 0 aromatic heterocycles. The zero-order valence-electron chi connectivity index (χ0n) is 10.6. The fraction of sp³-hybridized carbons (Fsp3) is 0.143. The summed E-state index contributed by atoms with van der Waals surface area (Å²) in [4.78, 5) is 0. The summed E-state index contributed by atoms with van der Waals surface area (Å²) >= 11 is 12.0. The molecule has 2 aromatic rings. The van der Waals surface area contributed by atoms with Crippen LogP contribution < -0.4 is 15.2 Å². The van der Waals surface area contributed by atoms with E-state index in [1.54, 1.807) is 6.07 Å². The smallest absolute Gasteiger partial charge is 0.165 e. The van der Waals surface area contributed by atoms with Crippen molar-refractivity contribution in [2.75, 3.05) is 12.8 Å². The highest BCUT2D eigenvalue weighted by molar-refractivity contribution is 6.37. The zero-order valence-corrected chi connectivity index (χ0v) is 12.1. The van der Waals surface area contributed by atoms with Gasteiger partial charge in [0.1, 0.15) is 6.61 Å². The highest BCUT2D eigenvalue weighted by atomic mass is 35.5. The Morgan fingerprint density at radius 1 is 1.15 bits per heavy atom. The number of hydrogen-bond donors (Lipinski definition) is 1. The Bertz CT molecular complexity index is 612. The van der Waals surface area contributed by atoms with Gasteiger partial charge >= 0.3 is 0 Å². The Hall–Kier alpha value is -1.65. The van der Waals surface area contributed by atoms with Gasteiger partial charge in [0, 0.05) is 5.69 Å². The number of nitrogen functional groups attached to an aromatic ring is 1. The van der Waals surface area contributed by atoms with Gasteiger partial charge in [-0.15, -0.1) is 0 Å². The van der Waals surface area contributed by atoms with Crippen LogP contribution >= 0.6 is 23.2 Å². The number of ether oxygens (including phenoxy) is 2. The first-order valence-corrected chi connectivity index (χ1v) is 6.46. The van der Waals surface area contributed by atoms with E-state index in [-0.39, 0.29) is 12.4 Å². The molecular weight excluding hydrogens is 304 g/mol. The Kier molecular flexibility index (Phi) is 4.57. The molecule has 0 heterocycles. The normalized spacial score (nSPS) is 10.4. The van der Waals surface area contributed by atoms with Gasteiger partial charge in [-0.2, -0.15) is 0 Å². The molecule has 0 saturated heterocycles. The van der Waals surface area contributed by atoms with Gasteiger partial charge in [0.05, 0.1) is 17.2 Å². The van der Waals surface area contributed by atoms with Crippen molar-refractivity contribution in [1.29, 1.82) is 0 Å². The molecule has 0 aliphatic heterocycles. The summed E-state index contributed by atoms with van der Waals surface area (Å²) in [6, 6.07) is 7.63. The average molecular weight is 316 g/mol. The van der Waals surface area contributed by atoms with Gasteiger partial charge in [-0.1, -0.05) is 29.3 Å². The van der Waals surface area contributed by atoms with Crippen LogP contribution in [0.4, 0.5) is 10.1 Å². The maximum absolute atomic E-state index is 13.5. The first kappa shape index (κ1) is 14.8. The van der Waals surface area contributed by atoms with E-state index in [0.717, 1.165) is 0 Å². The van der Waals surface area contributed by atoms with Gasteiger partial charge in [0.25, 0.3) is 0 Å². The monoisotopic (exact) mass is 315 g/mol. The molecule has 2 N–H and O–H groups in total. The fourth-order valence-electron chi connectivity index (χ4n) is 1.67. The number of methoxy groups -OCH3 is 1. The van der Waals surface area contributed by atoms with Crippen LogP contribution in [0.5, 0.6) is 11.5 Å². The van der Waals surface area contributed by atoms with Gasteiger partial charge in [0.15, 0.2) is 17.3 Å². The Morgan fingerprint density at radius 2 is 1.80 bits per heavy atom. The number of rotatable bonds is 4. The molecule has 0 bridgehead atoms. The Morgan fingerprint density at radius 3 is 2.35 bits per heavy atom. The second-order valence-corrected chi connectivity index (χ2v) is 4.89. The highest BCUT2D eigenvalue weighted by Gasteiger charge is 2.10. The van der Waals surface area contributed by atoms with Gasteiger partial charge in [-0.3, -0.25) is 0 Å². The summed E-state index contributed by atoms with van der Waals surface area (Å²) in [6.45, 7) is 0.129. The highest BCUT2D eigenvalue weighted by Crippen LogP contribution is 2.35. The lowest BCUT2D eigenvalue weighted by Crippen LogP contribution is -1.99. The molecule has 0 unspecified atom stereocenters. The molecule has 0 amide bonds. The van der Waals surface area contributed by atoms with Crippen molar-refractivity contribution in [3.63, 3.8) is 0 Å². The summed E-state index contributed by atoms with van der Waals surface area (Å²) < 4.78 is 23.9. The number of nitrogens with two attached hydrogens (primary N) is 1. The topological polar surface area (TPSA) is 44.5 Å². The van der Waals surface area contributed by atoms with E-state index in [4.69, 9.17) is 38.4 Å². The van der Waals surface area contributed by atoms with Crippen LogP contribution in [0.25, 0.3) is 0 Å². The summed E-state index contributed by atoms with van der Waals surface area (Å²) in [7, 11) is 1.41. The van der Waals surface area contributed by atoms with Crippen LogP contribution in [0, 0.1) is 5.82 Å². The third-order valence-electron chi connectivity index (χ3n) is 2.62. The molecule has 0 radical (unpaired) electrons. The Labute approximate surface area is 126 Å². The number of hydrogen-bond acceptors (Lipinski definition) is 3. The molecule has 6 heteroatoms. The van der Waals surface area contributed by atoms with E-state index in [1.807, 2.05) is 0 Å². The largest absolute Gasteiger partial charge is 0.494 e. The van der Waals surface area contributed by atoms with Crippen molar-refractivity contribution >= 4 is 28.9 Å². The standard InChI is InChI=1S/C14H12Cl2FNO2/c1-19-13-3-2-8(4-12(13)17)7-20-14-10(15)5-9(18)6-11(14)16/h2-6H,7,18H2,1H3. The van der Waals surface area contributed by atoms with E-state index in [0.29, 0.717) is 27.0 Å². The van der Waals surface area contributed by atoms with Crippen LogP contribution in [0.15, 0.2) is 30.3 Å². The summed E-state index contributed by atoms with van der Waals surface area (Å²) in [5.74, 6) is 0.0409. The maximum Gasteiger partial charge on any atom is 0.165 e. The second-order valence-electron chi connectivity index (χ2n) is 4.07. The van der Waals surface area contributed by atoms with E-state index in [1.165, 1.54) is 31.4 Å². The molecule has 3 nitrogen and oxygen atoms in total. The van der Waals surface area contributed by atoms with Crippen molar-refractivity contribution in [2.24, 2.45) is 0 Å². The molecule has 0 saturated carbocycles. The van der Waals surface area contributed by atoms with E-state index in [9.17, 15) is 4.39 Å². The van der Waals surface area contributed by atoms with Crippen molar-refractivity contribution in [3.05, 3.63) is 51.8 Å². The molecule has 2 rings (SSSR count). The summed E-state index contributed by atoms with van der Waals surface area (Å²) in [6.07, 6.45) is 0. The Balaban J connectivity index is 2.15. The molecule has 0 aliphatic carbocycles. The molecule has 0 atom stereocenters. The molecule has 106 valence electrons. The molecular formula is C14H12Cl2FNO2. The van der Waals surface area contributed by atoms with Crippen LogP contribution in [0.2, 0.25) is 10.0 Å². The van der Waals surface area contributed by atoms with Crippen molar-refractivity contribution in [3.8, 4) is 11.5 Å². The molecule has 2 aromatic carbocycles. The molecule has 0 spiro atoms. The second kappa shape index (κ2) is 6.20. The van der Waals surface area contributed by atoms with E-state index >= 15 is 0 Å². The summed E-state index contributed by atoms with van der Waals surface area (Å²) in [5, 5.41) is 0.618. The third kappa shape index (κ3) is 3.26.